The first-order valence-electron chi connectivity index (χ1n) is 7.68. The van der Waals surface area contributed by atoms with Gasteiger partial charge >= 0.3 is 0 Å². The Labute approximate surface area is 152 Å². The quantitative estimate of drug-likeness (QED) is 0.541. The summed E-state index contributed by atoms with van der Waals surface area (Å²) in [5.74, 6) is 0. The van der Waals surface area contributed by atoms with E-state index in [-0.39, 0.29) is 5.56 Å². The fraction of sp³-hybridized carbons (Fsp3) is 0.105. The zero-order chi connectivity index (χ0) is 17.4. The first-order valence-corrected chi connectivity index (χ1v) is 9.38. The highest BCUT2D eigenvalue weighted by Gasteiger charge is 2.14. The lowest BCUT2D eigenvalue weighted by Crippen LogP contribution is -2.20. The second-order valence-electron chi connectivity index (χ2n) is 5.73. The zero-order valence-electron chi connectivity index (χ0n) is 13.4. The molecule has 0 spiro atoms. The van der Waals surface area contributed by atoms with Gasteiger partial charge < -0.3 is 0 Å². The average molecular weight is 363 g/mol. The van der Waals surface area contributed by atoms with E-state index in [2.05, 4.69) is 30.1 Å². The number of aromatic nitrogens is 2. The fourth-order valence-electron chi connectivity index (χ4n) is 2.78. The van der Waals surface area contributed by atoms with Crippen LogP contribution in [0.4, 0.5) is 0 Å². The first kappa shape index (κ1) is 15.8. The molecule has 3 aromatic heterocycles. The Balaban J connectivity index is 1.82. The van der Waals surface area contributed by atoms with Crippen LogP contribution in [0.2, 0.25) is 0 Å². The molecule has 0 aliphatic heterocycles. The lowest BCUT2D eigenvalue weighted by molar-refractivity contribution is 0.749. The summed E-state index contributed by atoms with van der Waals surface area (Å²) in [7, 11) is 0. The Kier molecular flexibility index (Phi) is 3.96. The molecule has 0 N–H and O–H groups in total. The predicted octanol–water partition coefficient (Wildman–Crippen LogP) is 4.41. The van der Waals surface area contributed by atoms with Crippen LogP contribution in [0.25, 0.3) is 20.7 Å². The number of fused-ring (bicyclic) bond motifs is 1. The highest BCUT2D eigenvalue weighted by molar-refractivity contribution is 7.19. The highest BCUT2D eigenvalue weighted by atomic mass is 32.1. The van der Waals surface area contributed by atoms with E-state index in [1.165, 1.54) is 16.2 Å². The van der Waals surface area contributed by atoms with Crippen LogP contribution in [-0.2, 0) is 6.54 Å². The molecule has 0 atom stereocenters. The lowest BCUT2D eigenvalue weighted by atomic mass is 10.1. The molecule has 0 radical (unpaired) electrons. The highest BCUT2D eigenvalue weighted by Crippen LogP contribution is 2.34. The summed E-state index contributed by atoms with van der Waals surface area (Å²) in [5.41, 5.74) is 2.40. The molecule has 122 valence electrons. The first-order chi connectivity index (χ1) is 12.2. The van der Waals surface area contributed by atoms with Gasteiger partial charge in [-0.25, -0.2) is 4.98 Å². The zero-order valence-corrected chi connectivity index (χ0v) is 15.0. The Hall–Kier alpha value is -2.75. The Morgan fingerprint density at radius 3 is 2.92 bits per heavy atom. The van der Waals surface area contributed by atoms with Crippen LogP contribution >= 0.6 is 22.7 Å². The number of nitriles is 1. The van der Waals surface area contributed by atoms with Crippen molar-refractivity contribution in [2.75, 3.05) is 0 Å². The SMILES string of the molecule is Cc1ccc(-c2csc3ncn(Cc4cccc(C#N)c4)c(=O)c23)s1. The molecule has 0 saturated heterocycles. The molecular formula is C19H13N3OS2. The number of rotatable bonds is 3. The van der Waals surface area contributed by atoms with Gasteiger partial charge in [0.05, 0.1) is 29.9 Å². The van der Waals surface area contributed by atoms with Crippen molar-refractivity contribution in [2.45, 2.75) is 13.5 Å². The summed E-state index contributed by atoms with van der Waals surface area (Å²) in [6, 6.07) is 13.5. The average Bonchev–Trinajstić information content (AvgIpc) is 3.24. The minimum atomic E-state index is -0.0466. The minimum absolute atomic E-state index is 0.0466. The van der Waals surface area contributed by atoms with E-state index < -0.39 is 0 Å². The van der Waals surface area contributed by atoms with E-state index in [0.717, 1.165) is 20.8 Å². The van der Waals surface area contributed by atoms with E-state index in [1.54, 1.807) is 34.4 Å². The topological polar surface area (TPSA) is 58.7 Å². The van der Waals surface area contributed by atoms with Gasteiger partial charge in [0.2, 0.25) is 0 Å². The number of hydrogen-bond donors (Lipinski definition) is 0. The number of benzene rings is 1. The van der Waals surface area contributed by atoms with Gasteiger partial charge in [0.25, 0.3) is 5.56 Å². The molecule has 25 heavy (non-hydrogen) atoms. The monoisotopic (exact) mass is 363 g/mol. The van der Waals surface area contributed by atoms with Gasteiger partial charge in [-0.1, -0.05) is 12.1 Å². The van der Waals surface area contributed by atoms with Crippen molar-refractivity contribution >= 4 is 32.9 Å². The molecule has 4 nitrogen and oxygen atoms in total. The molecule has 0 aliphatic rings. The number of hydrogen-bond acceptors (Lipinski definition) is 5. The summed E-state index contributed by atoms with van der Waals surface area (Å²) < 4.78 is 1.61. The van der Waals surface area contributed by atoms with Crippen LogP contribution in [0.3, 0.4) is 0 Å². The maximum absolute atomic E-state index is 13.0. The van der Waals surface area contributed by atoms with Gasteiger partial charge in [-0.2, -0.15) is 5.26 Å². The largest absolute Gasteiger partial charge is 0.294 e. The van der Waals surface area contributed by atoms with Crippen LogP contribution in [0.5, 0.6) is 0 Å². The van der Waals surface area contributed by atoms with Gasteiger partial charge in [-0.3, -0.25) is 9.36 Å². The summed E-state index contributed by atoms with van der Waals surface area (Å²) >= 11 is 3.17. The minimum Gasteiger partial charge on any atom is -0.294 e. The molecule has 6 heteroatoms. The number of aryl methyl sites for hydroxylation is 1. The second-order valence-corrected chi connectivity index (χ2v) is 7.88. The van der Waals surface area contributed by atoms with Crippen molar-refractivity contribution in [3.05, 3.63) is 74.5 Å². The van der Waals surface area contributed by atoms with Crippen molar-refractivity contribution < 1.29 is 0 Å². The molecule has 0 fully saturated rings. The van der Waals surface area contributed by atoms with E-state index in [1.807, 2.05) is 17.5 Å². The Morgan fingerprint density at radius 2 is 2.16 bits per heavy atom. The summed E-state index contributed by atoms with van der Waals surface area (Å²) in [6.07, 6.45) is 1.59. The van der Waals surface area contributed by atoms with Gasteiger partial charge in [-0.05, 0) is 36.8 Å². The fourth-order valence-corrected chi connectivity index (χ4v) is 4.64. The number of nitrogens with zero attached hydrogens (tertiary/aromatic N) is 3. The normalized spacial score (nSPS) is 10.9. The smallest absolute Gasteiger partial charge is 0.263 e. The molecule has 4 aromatic rings. The van der Waals surface area contributed by atoms with Crippen LogP contribution < -0.4 is 5.56 Å². The summed E-state index contributed by atoms with van der Waals surface area (Å²) in [4.78, 5) is 20.5. The van der Waals surface area contributed by atoms with Crippen molar-refractivity contribution in [1.29, 1.82) is 5.26 Å². The van der Waals surface area contributed by atoms with Gasteiger partial charge in [0, 0.05) is 20.7 Å². The molecular weight excluding hydrogens is 350 g/mol. The maximum Gasteiger partial charge on any atom is 0.263 e. The molecule has 0 unspecified atom stereocenters. The van der Waals surface area contributed by atoms with Crippen LogP contribution in [0, 0.1) is 18.3 Å². The third-order valence-electron chi connectivity index (χ3n) is 3.98. The van der Waals surface area contributed by atoms with E-state index >= 15 is 0 Å². The predicted molar refractivity (Wildman–Crippen MR) is 102 cm³/mol. The number of thiophene rings is 2. The summed E-state index contributed by atoms with van der Waals surface area (Å²) in [5, 5.41) is 11.7. The van der Waals surface area contributed by atoms with E-state index in [4.69, 9.17) is 5.26 Å². The van der Waals surface area contributed by atoms with Crippen LogP contribution in [0.15, 0.2) is 52.9 Å². The Bertz CT molecular complexity index is 1180. The third-order valence-corrected chi connectivity index (χ3v) is 5.90. The lowest BCUT2D eigenvalue weighted by Gasteiger charge is -2.06. The van der Waals surface area contributed by atoms with E-state index in [9.17, 15) is 4.79 Å². The van der Waals surface area contributed by atoms with Crippen LogP contribution in [-0.4, -0.2) is 9.55 Å². The van der Waals surface area contributed by atoms with Crippen molar-refractivity contribution in [3.8, 4) is 16.5 Å². The molecule has 3 heterocycles. The van der Waals surface area contributed by atoms with E-state index in [0.29, 0.717) is 17.5 Å². The van der Waals surface area contributed by atoms with Gasteiger partial charge in [0.1, 0.15) is 4.83 Å². The molecule has 0 bridgehead atoms. The van der Waals surface area contributed by atoms with Crippen molar-refractivity contribution in [3.63, 3.8) is 0 Å². The molecule has 4 rings (SSSR count). The molecule has 1 aromatic carbocycles. The molecule has 0 aliphatic carbocycles. The standard InChI is InChI=1S/C19H13N3OS2/c1-12-5-6-16(25-12)15-10-24-18-17(15)19(23)22(11-21-18)9-14-4-2-3-13(7-14)8-20/h2-7,10-11H,9H2,1H3. The summed E-state index contributed by atoms with van der Waals surface area (Å²) in [6.45, 7) is 2.46. The van der Waals surface area contributed by atoms with Gasteiger partial charge in [0.15, 0.2) is 0 Å². The van der Waals surface area contributed by atoms with Crippen LogP contribution in [0.1, 0.15) is 16.0 Å². The van der Waals surface area contributed by atoms with Gasteiger partial charge in [-0.15, -0.1) is 22.7 Å². The van der Waals surface area contributed by atoms with Crippen molar-refractivity contribution in [2.24, 2.45) is 0 Å². The second kappa shape index (κ2) is 6.28. The maximum atomic E-state index is 13.0. The molecule has 0 saturated carbocycles. The van der Waals surface area contributed by atoms with Crippen molar-refractivity contribution in [1.82, 2.24) is 9.55 Å². The molecule has 0 amide bonds. The Morgan fingerprint density at radius 1 is 1.28 bits per heavy atom. The third kappa shape index (κ3) is 2.88.